The molecule has 1 aromatic carbocycles. The van der Waals surface area contributed by atoms with Crippen LogP contribution in [0.1, 0.15) is 31.9 Å². The first-order valence-corrected chi connectivity index (χ1v) is 7.02. The Morgan fingerprint density at radius 3 is 2.28 bits per heavy atom. The third-order valence-electron chi connectivity index (χ3n) is 2.92. The molecule has 0 fully saturated rings. The van der Waals surface area contributed by atoms with Crippen LogP contribution in [0.5, 0.6) is 0 Å². The first-order chi connectivity index (χ1) is 8.47. The van der Waals surface area contributed by atoms with E-state index in [2.05, 4.69) is 12.1 Å². The third kappa shape index (κ3) is 2.82. The van der Waals surface area contributed by atoms with E-state index in [1.54, 1.807) is 0 Å². The van der Waals surface area contributed by atoms with Crippen LogP contribution in [-0.4, -0.2) is 5.78 Å². The van der Waals surface area contributed by atoms with Gasteiger partial charge in [0.15, 0.2) is 5.78 Å². The number of hydrogen-bond acceptors (Lipinski definition) is 2. The van der Waals surface area contributed by atoms with E-state index in [0.717, 1.165) is 25.9 Å². The predicted octanol–water partition coefficient (Wildman–Crippen LogP) is 4.75. The van der Waals surface area contributed by atoms with Gasteiger partial charge in [-0.2, -0.15) is 0 Å². The predicted molar refractivity (Wildman–Crippen MR) is 78.0 cm³/mol. The zero-order chi connectivity index (χ0) is 13.3. The van der Waals surface area contributed by atoms with Crippen molar-refractivity contribution in [3.63, 3.8) is 0 Å². The summed E-state index contributed by atoms with van der Waals surface area (Å²) >= 11 is 7.35. The second kappa shape index (κ2) is 5.25. The molecular weight excluding hydrogens is 264 g/mol. The Morgan fingerprint density at radius 1 is 1.17 bits per heavy atom. The topological polar surface area (TPSA) is 17.1 Å². The van der Waals surface area contributed by atoms with Crippen LogP contribution in [0.15, 0.2) is 24.3 Å². The summed E-state index contributed by atoms with van der Waals surface area (Å²) in [4.78, 5) is 13.4. The minimum absolute atomic E-state index is 0.170. The van der Waals surface area contributed by atoms with Crippen molar-refractivity contribution in [2.24, 2.45) is 0 Å². The van der Waals surface area contributed by atoms with Gasteiger partial charge < -0.3 is 0 Å². The van der Waals surface area contributed by atoms with E-state index in [1.165, 1.54) is 16.9 Å². The molecule has 1 nitrogen and oxygen atoms in total. The van der Waals surface area contributed by atoms with Crippen LogP contribution < -0.4 is 0 Å². The van der Waals surface area contributed by atoms with Gasteiger partial charge in [-0.15, -0.1) is 11.3 Å². The number of ketones is 1. The van der Waals surface area contributed by atoms with Gasteiger partial charge in [-0.05, 0) is 44.0 Å². The van der Waals surface area contributed by atoms with Gasteiger partial charge in [-0.25, -0.2) is 0 Å². The highest BCUT2D eigenvalue weighted by molar-refractivity contribution is 7.16. The maximum absolute atomic E-state index is 12.3. The summed E-state index contributed by atoms with van der Waals surface area (Å²) < 4.78 is 0.732. The van der Waals surface area contributed by atoms with E-state index < -0.39 is 0 Å². The molecule has 0 aliphatic rings. The second-order valence-corrected chi connectivity index (χ2v) is 6.38. The Hall–Kier alpha value is -1.12. The van der Waals surface area contributed by atoms with Gasteiger partial charge in [-0.1, -0.05) is 29.3 Å². The van der Waals surface area contributed by atoms with E-state index >= 15 is 0 Å². The standard InChI is InChI=1S/C15H15ClOS/c1-9-6-10(2)15(11(3)7-9)13(17)8-12-4-5-14(16)18-12/h4-7H,8H2,1-3H3. The first kappa shape index (κ1) is 13.3. The second-order valence-electron chi connectivity index (χ2n) is 4.58. The SMILES string of the molecule is Cc1cc(C)c(C(=O)Cc2ccc(Cl)s2)c(C)c1. The van der Waals surface area contributed by atoms with Crippen molar-refractivity contribution < 1.29 is 4.79 Å². The highest BCUT2D eigenvalue weighted by Crippen LogP contribution is 2.24. The van der Waals surface area contributed by atoms with Gasteiger partial charge in [0.25, 0.3) is 0 Å². The quantitative estimate of drug-likeness (QED) is 0.740. The highest BCUT2D eigenvalue weighted by atomic mass is 35.5. The number of carbonyl (C=O) groups is 1. The summed E-state index contributed by atoms with van der Waals surface area (Å²) in [6, 6.07) is 7.87. The van der Waals surface area contributed by atoms with Crippen molar-refractivity contribution in [3.05, 3.63) is 55.7 Å². The molecule has 2 aromatic rings. The average molecular weight is 279 g/mol. The highest BCUT2D eigenvalue weighted by Gasteiger charge is 2.14. The van der Waals surface area contributed by atoms with Crippen LogP contribution in [0.25, 0.3) is 0 Å². The molecule has 0 atom stereocenters. The largest absolute Gasteiger partial charge is 0.294 e. The van der Waals surface area contributed by atoms with Gasteiger partial charge in [0, 0.05) is 16.9 Å². The molecule has 1 aromatic heterocycles. The molecule has 0 spiro atoms. The molecule has 1 heterocycles. The minimum Gasteiger partial charge on any atom is -0.294 e. The fourth-order valence-electron chi connectivity index (χ4n) is 2.31. The van der Waals surface area contributed by atoms with Crippen LogP contribution in [0.2, 0.25) is 4.34 Å². The van der Waals surface area contributed by atoms with Crippen LogP contribution in [0.3, 0.4) is 0 Å². The van der Waals surface area contributed by atoms with Crippen LogP contribution >= 0.6 is 22.9 Å². The Bertz CT molecular complexity index is 575. The molecule has 0 saturated carbocycles. The smallest absolute Gasteiger partial charge is 0.168 e. The molecule has 3 heteroatoms. The number of benzene rings is 1. The van der Waals surface area contributed by atoms with Gasteiger partial charge in [0.05, 0.1) is 4.34 Å². The Labute approximate surface area is 116 Å². The molecule has 0 amide bonds. The number of hydrogen-bond donors (Lipinski definition) is 0. The average Bonchev–Trinajstić information content (AvgIpc) is 2.62. The molecule has 0 aliphatic heterocycles. The fourth-order valence-corrected chi connectivity index (χ4v) is 3.40. The maximum Gasteiger partial charge on any atom is 0.168 e. The van der Waals surface area contributed by atoms with E-state index in [4.69, 9.17) is 11.6 Å². The van der Waals surface area contributed by atoms with Crippen molar-refractivity contribution in [3.8, 4) is 0 Å². The lowest BCUT2D eigenvalue weighted by Gasteiger charge is -2.09. The summed E-state index contributed by atoms with van der Waals surface area (Å²) in [7, 11) is 0. The van der Waals surface area contributed by atoms with Gasteiger partial charge >= 0.3 is 0 Å². The lowest BCUT2D eigenvalue weighted by atomic mass is 9.95. The Balaban J connectivity index is 2.29. The monoisotopic (exact) mass is 278 g/mol. The van der Waals surface area contributed by atoms with Crippen molar-refractivity contribution in [1.82, 2.24) is 0 Å². The van der Waals surface area contributed by atoms with Crippen LogP contribution in [0, 0.1) is 20.8 Å². The lowest BCUT2D eigenvalue weighted by Crippen LogP contribution is -2.07. The van der Waals surface area contributed by atoms with E-state index in [0.29, 0.717) is 6.42 Å². The molecular formula is C15H15ClOS. The van der Waals surface area contributed by atoms with Gasteiger partial charge in [0.2, 0.25) is 0 Å². The minimum atomic E-state index is 0.170. The Kier molecular flexibility index (Phi) is 3.88. The normalized spacial score (nSPS) is 10.7. The van der Waals surface area contributed by atoms with E-state index in [1.807, 2.05) is 32.9 Å². The first-order valence-electron chi connectivity index (χ1n) is 5.82. The zero-order valence-corrected chi connectivity index (χ0v) is 12.3. The Morgan fingerprint density at radius 2 is 1.78 bits per heavy atom. The van der Waals surface area contributed by atoms with Crippen molar-refractivity contribution in [2.45, 2.75) is 27.2 Å². The van der Waals surface area contributed by atoms with Gasteiger partial charge in [-0.3, -0.25) is 4.79 Å². The van der Waals surface area contributed by atoms with E-state index in [9.17, 15) is 4.79 Å². The molecule has 18 heavy (non-hydrogen) atoms. The summed E-state index contributed by atoms with van der Waals surface area (Å²) in [5.41, 5.74) is 4.16. The van der Waals surface area contributed by atoms with Crippen LogP contribution in [0.4, 0.5) is 0 Å². The van der Waals surface area contributed by atoms with Crippen molar-refractivity contribution in [2.75, 3.05) is 0 Å². The number of aryl methyl sites for hydroxylation is 3. The van der Waals surface area contributed by atoms with Crippen molar-refractivity contribution in [1.29, 1.82) is 0 Å². The molecule has 2 rings (SSSR count). The van der Waals surface area contributed by atoms with Gasteiger partial charge in [0.1, 0.15) is 0 Å². The fraction of sp³-hybridized carbons (Fsp3) is 0.267. The summed E-state index contributed by atoms with van der Waals surface area (Å²) in [5.74, 6) is 0.170. The molecule has 0 unspecified atom stereocenters. The number of rotatable bonds is 3. The summed E-state index contributed by atoms with van der Waals surface area (Å²) in [6.07, 6.45) is 0.433. The maximum atomic E-state index is 12.3. The number of carbonyl (C=O) groups excluding carboxylic acids is 1. The third-order valence-corrected chi connectivity index (χ3v) is 4.15. The molecule has 0 bridgehead atoms. The zero-order valence-electron chi connectivity index (χ0n) is 10.7. The molecule has 94 valence electrons. The summed E-state index contributed by atoms with van der Waals surface area (Å²) in [5, 5.41) is 0. The van der Waals surface area contributed by atoms with Crippen LogP contribution in [-0.2, 0) is 6.42 Å². The molecule has 0 aliphatic carbocycles. The van der Waals surface area contributed by atoms with Crippen molar-refractivity contribution >= 4 is 28.7 Å². The number of Topliss-reactive ketones (excluding diaryl/α,β-unsaturated/α-hetero) is 1. The molecule has 0 radical (unpaired) electrons. The molecule has 0 saturated heterocycles. The number of halogens is 1. The molecule has 0 N–H and O–H groups in total. The van der Waals surface area contributed by atoms with E-state index in [-0.39, 0.29) is 5.78 Å². The number of thiophene rings is 1. The lowest BCUT2D eigenvalue weighted by molar-refractivity contribution is 0.0992. The summed E-state index contributed by atoms with van der Waals surface area (Å²) in [6.45, 7) is 6.04.